The third-order valence-electron chi connectivity index (χ3n) is 0.795. The molecule has 10 heavy (non-hydrogen) atoms. The molecule has 0 aromatic carbocycles. The van der Waals surface area contributed by atoms with E-state index in [9.17, 15) is 8.78 Å². The highest BCUT2D eigenvalue weighted by atomic mass is 19.3. The molecule has 0 rings (SSSR count). The van der Waals surface area contributed by atoms with E-state index >= 15 is 0 Å². The largest absolute Gasteiger partial charge is 0.433 e. The van der Waals surface area contributed by atoms with Crippen LogP contribution in [0.2, 0.25) is 0 Å². The summed E-state index contributed by atoms with van der Waals surface area (Å²) in [4.78, 5) is 0. The Morgan fingerprint density at radius 2 is 2.20 bits per heavy atom. The molecule has 2 N–H and O–H groups in total. The normalized spacial score (nSPS) is 11.8. The summed E-state index contributed by atoms with van der Waals surface area (Å²) in [5, 5.41) is 0. The van der Waals surface area contributed by atoms with E-state index < -0.39 is 6.61 Å². The lowest BCUT2D eigenvalue weighted by Crippen LogP contribution is -2.06. The number of rotatable bonds is 3. The zero-order chi connectivity index (χ0) is 8.15. The molecular formula is C6H9F2NO. The van der Waals surface area contributed by atoms with Crippen molar-refractivity contribution in [1.29, 1.82) is 0 Å². The molecule has 0 aromatic rings. The minimum Gasteiger partial charge on any atom is -0.433 e. The fourth-order valence-electron chi connectivity index (χ4n) is 0.425. The molecule has 0 aliphatic heterocycles. The molecule has 0 heterocycles. The van der Waals surface area contributed by atoms with E-state index in [-0.39, 0.29) is 11.5 Å². The second-order valence-corrected chi connectivity index (χ2v) is 1.56. The van der Waals surface area contributed by atoms with Crippen molar-refractivity contribution >= 4 is 0 Å². The topological polar surface area (TPSA) is 35.2 Å². The first-order valence-corrected chi connectivity index (χ1v) is 2.63. The van der Waals surface area contributed by atoms with Crippen molar-refractivity contribution in [2.24, 2.45) is 5.73 Å². The van der Waals surface area contributed by atoms with Crippen LogP contribution in [0.1, 0.15) is 6.92 Å². The maximum atomic E-state index is 11.5. The van der Waals surface area contributed by atoms with Crippen LogP contribution in [-0.4, -0.2) is 6.61 Å². The second kappa shape index (κ2) is 3.87. The molecule has 0 unspecified atom stereocenters. The number of hydrogen-bond donors (Lipinski definition) is 1. The molecule has 0 aliphatic rings. The first-order valence-electron chi connectivity index (χ1n) is 2.63. The molecule has 0 aliphatic carbocycles. The summed E-state index contributed by atoms with van der Waals surface area (Å²) in [5.41, 5.74) is 5.08. The van der Waals surface area contributed by atoms with Crippen LogP contribution in [-0.2, 0) is 4.74 Å². The highest BCUT2D eigenvalue weighted by Gasteiger charge is 2.06. The van der Waals surface area contributed by atoms with Gasteiger partial charge in [-0.05, 0) is 13.0 Å². The van der Waals surface area contributed by atoms with Gasteiger partial charge in [0, 0.05) is 0 Å². The minimum absolute atomic E-state index is 0.00259. The summed E-state index contributed by atoms with van der Waals surface area (Å²) in [5.74, 6) is -0.0741. The molecule has 4 heteroatoms. The van der Waals surface area contributed by atoms with E-state index in [2.05, 4.69) is 11.3 Å². The Morgan fingerprint density at radius 1 is 1.70 bits per heavy atom. The van der Waals surface area contributed by atoms with E-state index in [0.29, 0.717) is 0 Å². The zero-order valence-electron chi connectivity index (χ0n) is 5.60. The number of halogens is 2. The summed E-state index contributed by atoms with van der Waals surface area (Å²) < 4.78 is 26.9. The molecule has 0 aromatic heterocycles. The smallest absolute Gasteiger partial charge is 0.387 e. The standard InChI is InChI=1S/C6H9F2NO/c1-3-5(4(2)9)10-6(7)8/h3,6H,2,9H2,1H3/b5-3+. The van der Waals surface area contributed by atoms with Gasteiger partial charge < -0.3 is 10.5 Å². The highest BCUT2D eigenvalue weighted by Crippen LogP contribution is 2.08. The number of allylic oxidation sites excluding steroid dienone is 1. The molecule has 0 atom stereocenters. The molecule has 2 nitrogen and oxygen atoms in total. The zero-order valence-corrected chi connectivity index (χ0v) is 5.60. The van der Waals surface area contributed by atoms with Crippen molar-refractivity contribution in [3.8, 4) is 0 Å². The van der Waals surface area contributed by atoms with E-state index in [4.69, 9.17) is 5.73 Å². The van der Waals surface area contributed by atoms with Gasteiger partial charge in [-0.25, -0.2) is 0 Å². The van der Waals surface area contributed by atoms with Gasteiger partial charge in [0.1, 0.15) is 5.76 Å². The van der Waals surface area contributed by atoms with Gasteiger partial charge in [0.25, 0.3) is 0 Å². The van der Waals surface area contributed by atoms with E-state index in [0.717, 1.165) is 0 Å². The Kier molecular flexibility index (Phi) is 3.46. The quantitative estimate of drug-likeness (QED) is 0.488. The molecule has 0 saturated carbocycles. The number of hydrogen-bond acceptors (Lipinski definition) is 2. The number of alkyl halides is 2. The number of ether oxygens (including phenoxy) is 1. The lowest BCUT2D eigenvalue weighted by molar-refractivity contribution is -0.0935. The van der Waals surface area contributed by atoms with Crippen LogP contribution in [0.15, 0.2) is 24.1 Å². The van der Waals surface area contributed by atoms with Gasteiger partial charge in [-0.2, -0.15) is 8.78 Å². The predicted molar refractivity (Wildman–Crippen MR) is 34.2 cm³/mol. The van der Waals surface area contributed by atoms with Crippen LogP contribution in [0.5, 0.6) is 0 Å². The fourth-order valence-corrected chi connectivity index (χ4v) is 0.425. The molecule has 0 amide bonds. The lowest BCUT2D eigenvalue weighted by atomic mass is 10.4. The lowest BCUT2D eigenvalue weighted by Gasteiger charge is -2.06. The van der Waals surface area contributed by atoms with Crippen LogP contribution >= 0.6 is 0 Å². The highest BCUT2D eigenvalue weighted by molar-refractivity contribution is 5.17. The maximum Gasteiger partial charge on any atom is 0.387 e. The van der Waals surface area contributed by atoms with Crippen molar-refractivity contribution in [1.82, 2.24) is 0 Å². The second-order valence-electron chi connectivity index (χ2n) is 1.56. The van der Waals surface area contributed by atoms with Crippen LogP contribution in [0.25, 0.3) is 0 Å². The summed E-state index contributed by atoms with van der Waals surface area (Å²) in [6.45, 7) is 1.93. The molecule has 0 spiro atoms. The monoisotopic (exact) mass is 149 g/mol. The third-order valence-corrected chi connectivity index (χ3v) is 0.795. The SMILES string of the molecule is C=C(N)/C(=C\C)OC(F)F. The molecular weight excluding hydrogens is 140 g/mol. The van der Waals surface area contributed by atoms with Crippen molar-refractivity contribution in [3.05, 3.63) is 24.1 Å². The Balaban J connectivity index is 3.99. The van der Waals surface area contributed by atoms with Gasteiger partial charge in [0.05, 0.1) is 5.70 Å². The fraction of sp³-hybridized carbons (Fsp3) is 0.333. The molecule has 0 fully saturated rings. The Morgan fingerprint density at radius 3 is 2.30 bits per heavy atom. The minimum atomic E-state index is -2.84. The van der Waals surface area contributed by atoms with Crippen molar-refractivity contribution in [2.75, 3.05) is 0 Å². The van der Waals surface area contributed by atoms with Crippen molar-refractivity contribution < 1.29 is 13.5 Å². The first-order chi connectivity index (χ1) is 4.57. The van der Waals surface area contributed by atoms with Gasteiger partial charge in [-0.15, -0.1) is 0 Å². The Labute approximate surface area is 58.0 Å². The van der Waals surface area contributed by atoms with Crippen LogP contribution in [0.4, 0.5) is 8.78 Å². The molecule has 58 valence electrons. The molecule has 0 bridgehead atoms. The Hall–Kier alpha value is -1.06. The molecule has 0 saturated heterocycles. The van der Waals surface area contributed by atoms with Crippen LogP contribution in [0.3, 0.4) is 0 Å². The van der Waals surface area contributed by atoms with Gasteiger partial charge in [-0.3, -0.25) is 0 Å². The van der Waals surface area contributed by atoms with Gasteiger partial charge in [0.15, 0.2) is 0 Å². The summed E-state index contributed by atoms with van der Waals surface area (Å²) in [7, 11) is 0. The van der Waals surface area contributed by atoms with Crippen LogP contribution in [0, 0.1) is 0 Å². The van der Waals surface area contributed by atoms with Gasteiger partial charge in [-0.1, -0.05) is 6.58 Å². The summed E-state index contributed by atoms with van der Waals surface area (Å²) >= 11 is 0. The summed E-state index contributed by atoms with van der Waals surface area (Å²) in [6, 6.07) is 0. The summed E-state index contributed by atoms with van der Waals surface area (Å²) in [6.07, 6.45) is 1.33. The predicted octanol–water partition coefficient (Wildman–Crippen LogP) is 1.60. The third kappa shape index (κ3) is 3.06. The van der Waals surface area contributed by atoms with E-state index in [1.165, 1.54) is 13.0 Å². The first kappa shape index (κ1) is 8.94. The van der Waals surface area contributed by atoms with Crippen molar-refractivity contribution in [3.63, 3.8) is 0 Å². The Bertz CT molecular complexity index is 154. The van der Waals surface area contributed by atoms with Gasteiger partial charge >= 0.3 is 6.61 Å². The van der Waals surface area contributed by atoms with Crippen molar-refractivity contribution in [2.45, 2.75) is 13.5 Å². The average Bonchev–Trinajstić information content (AvgIpc) is 1.81. The average molecular weight is 149 g/mol. The van der Waals surface area contributed by atoms with E-state index in [1.807, 2.05) is 0 Å². The molecule has 0 radical (unpaired) electrons. The number of nitrogens with two attached hydrogens (primary N) is 1. The van der Waals surface area contributed by atoms with Gasteiger partial charge in [0.2, 0.25) is 0 Å². The van der Waals surface area contributed by atoms with Crippen LogP contribution < -0.4 is 5.73 Å². The maximum absolute atomic E-state index is 11.5. The van der Waals surface area contributed by atoms with E-state index in [1.54, 1.807) is 0 Å².